The molecule has 0 saturated heterocycles. The smallest absolute Gasteiger partial charge is 0.161 e. The summed E-state index contributed by atoms with van der Waals surface area (Å²) in [5.41, 5.74) is 2.66. The molecule has 1 nitrogen and oxygen atoms in total. The van der Waals surface area contributed by atoms with E-state index in [0.717, 1.165) is 0 Å². The number of thiophene rings is 1. The Balaban J connectivity index is 2.26. The van der Waals surface area contributed by atoms with E-state index in [1.807, 2.05) is 0 Å². The van der Waals surface area contributed by atoms with Gasteiger partial charge in [0.15, 0.2) is 8.24 Å². The summed E-state index contributed by atoms with van der Waals surface area (Å²) in [5.74, 6) is 0. The van der Waals surface area contributed by atoms with Crippen LogP contribution < -0.4 is 0 Å². The van der Waals surface area contributed by atoms with Crippen LogP contribution in [0.3, 0.4) is 0 Å². The van der Waals surface area contributed by atoms with Crippen LogP contribution in [0.15, 0.2) is 46.4 Å². The molecule has 3 rings (SSSR count). The molecule has 0 atom stereocenters. The molecule has 0 spiro atoms. The van der Waals surface area contributed by atoms with E-state index < -0.39 is 8.24 Å². The van der Waals surface area contributed by atoms with Crippen molar-refractivity contribution in [2.24, 2.45) is 0 Å². The van der Waals surface area contributed by atoms with Crippen LogP contribution in [0.1, 0.15) is 20.8 Å². The van der Waals surface area contributed by atoms with Crippen LogP contribution >= 0.6 is 27.3 Å². The van der Waals surface area contributed by atoms with Crippen LogP contribution in [-0.2, 0) is 0 Å². The number of rotatable bonds is 2. The molecule has 0 unspecified atom stereocenters. The third-order valence-corrected chi connectivity index (χ3v) is 11.8. The minimum atomic E-state index is -1.64. The minimum absolute atomic E-state index is 0.303. The van der Waals surface area contributed by atoms with Gasteiger partial charge in [0.05, 0.1) is 0 Å². The molecule has 2 aromatic heterocycles. The van der Waals surface area contributed by atoms with E-state index in [0.29, 0.717) is 5.04 Å². The van der Waals surface area contributed by atoms with Gasteiger partial charge in [-0.3, -0.25) is 0 Å². The van der Waals surface area contributed by atoms with Crippen molar-refractivity contribution in [2.75, 3.05) is 0 Å². The van der Waals surface area contributed by atoms with Crippen LogP contribution in [0.2, 0.25) is 18.1 Å². The summed E-state index contributed by atoms with van der Waals surface area (Å²) in [6.07, 6.45) is 2.29. The quantitative estimate of drug-likeness (QED) is 0.414. The summed E-state index contributed by atoms with van der Waals surface area (Å²) < 4.78 is 3.76. The topological polar surface area (TPSA) is 4.93 Å². The van der Waals surface area contributed by atoms with Crippen LogP contribution in [0, 0.1) is 0 Å². The third-order valence-electron chi connectivity index (χ3n) is 5.00. The van der Waals surface area contributed by atoms with E-state index in [4.69, 9.17) is 0 Å². The molecule has 0 saturated carbocycles. The van der Waals surface area contributed by atoms with Crippen molar-refractivity contribution in [2.45, 2.75) is 38.9 Å². The van der Waals surface area contributed by atoms with Crippen molar-refractivity contribution in [3.8, 4) is 10.4 Å². The zero-order valence-electron chi connectivity index (χ0n) is 13.8. The van der Waals surface area contributed by atoms with Gasteiger partial charge >= 0.3 is 0 Å². The highest BCUT2D eigenvalue weighted by Crippen LogP contribution is 2.41. The molecule has 4 heteroatoms. The first-order valence-corrected chi connectivity index (χ1v) is 12.2. The van der Waals surface area contributed by atoms with Crippen molar-refractivity contribution < 1.29 is 0 Å². The average molecular weight is 392 g/mol. The number of hydrogen-bond acceptors (Lipinski definition) is 1. The zero-order chi connectivity index (χ0) is 16.1. The largest absolute Gasteiger partial charge is 0.373 e. The third kappa shape index (κ3) is 2.51. The van der Waals surface area contributed by atoms with E-state index >= 15 is 0 Å². The standard InChI is InChI=1S/C18H22BrNSSi/c1-18(2,3)22(4,5)20-12-15(19)14-9-8-13(11-16(14)20)17-7-6-10-21-17/h6-12H,1-5H3. The maximum Gasteiger partial charge on any atom is 0.161 e. The maximum absolute atomic E-state index is 3.75. The summed E-state index contributed by atoms with van der Waals surface area (Å²) in [7, 11) is -1.64. The van der Waals surface area contributed by atoms with Crippen LogP contribution in [0.4, 0.5) is 0 Å². The number of benzene rings is 1. The minimum Gasteiger partial charge on any atom is -0.373 e. The lowest BCUT2D eigenvalue weighted by Gasteiger charge is -2.38. The van der Waals surface area contributed by atoms with Gasteiger partial charge in [-0.2, -0.15) is 0 Å². The van der Waals surface area contributed by atoms with E-state index in [1.54, 1.807) is 11.3 Å². The van der Waals surface area contributed by atoms with Crippen LogP contribution in [0.5, 0.6) is 0 Å². The molecule has 0 bridgehead atoms. The highest BCUT2D eigenvalue weighted by atomic mass is 79.9. The Morgan fingerprint density at radius 3 is 2.45 bits per heavy atom. The highest BCUT2D eigenvalue weighted by molar-refractivity contribution is 9.10. The Labute approximate surface area is 146 Å². The number of fused-ring (bicyclic) bond motifs is 1. The molecule has 0 fully saturated rings. The molecule has 0 N–H and O–H groups in total. The normalized spacial score (nSPS) is 13.0. The fraction of sp³-hybridized carbons (Fsp3) is 0.333. The maximum atomic E-state index is 3.75. The summed E-state index contributed by atoms with van der Waals surface area (Å²) >= 11 is 5.55. The van der Waals surface area contributed by atoms with Crippen LogP contribution in [0.25, 0.3) is 21.3 Å². The first kappa shape index (κ1) is 16.0. The number of halogens is 1. The molecule has 0 aliphatic rings. The number of aromatic nitrogens is 1. The monoisotopic (exact) mass is 391 g/mol. The Morgan fingerprint density at radius 2 is 1.86 bits per heavy atom. The molecule has 0 aliphatic carbocycles. The Kier molecular flexibility index (Phi) is 3.90. The molecule has 22 heavy (non-hydrogen) atoms. The zero-order valence-corrected chi connectivity index (χ0v) is 17.2. The van der Waals surface area contributed by atoms with Gasteiger partial charge in [0.1, 0.15) is 0 Å². The second-order valence-corrected chi connectivity index (χ2v) is 14.3. The van der Waals surface area contributed by atoms with Gasteiger partial charge in [0.2, 0.25) is 0 Å². The first-order valence-electron chi connectivity index (χ1n) is 7.57. The Morgan fingerprint density at radius 1 is 1.14 bits per heavy atom. The lowest BCUT2D eigenvalue weighted by atomic mass is 10.1. The van der Waals surface area contributed by atoms with Crippen molar-refractivity contribution in [3.63, 3.8) is 0 Å². The second kappa shape index (κ2) is 5.36. The summed E-state index contributed by atoms with van der Waals surface area (Å²) in [6.45, 7) is 12.0. The Hall–Kier alpha value is -0.843. The van der Waals surface area contributed by atoms with Crippen molar-refractivity contribution in [1.29, 1.82) is 0 Å². The molecule has 116 valence electrons. The SMILES string of the molecule is CC(C)(C)[Si](C)(C)n1cc(Br)c2ccc(-c3cccs3)cc21. The van der Waals surface area contributed by atoms with Crippen molar-refractivity contribution in [1.82, 2.24) is 4.23 Å². The van der Waals surface area contributed by atoms with Gasteiger partial charge in [-0.25, -0.2) is 0 Å². The van der Waals surface area contributed by atoms with Crippen LogP contribution in [-0.4, -0.2) is 12.5 Å². The van der Waals surface area contributed by atoms with Gasteiger partial charge in [-0.05, 0) is 44.0 Å². The van der Waals surface area contributed by atoms with Gasteiger partial charge in [-0.1, -0.05) is 52.1 Å². The summed E-state index contributed by atoms with van der Waals surface area (Å²) in [4.78, 5) is 1.33. The fourth-order valence-corrected chi connectivity index (χ4v) is 6.02. The summed E-state index contributed by atoms with van der Waals surface area (Å²) in [6, 6.07) is 11.1. The Bertz CT molecular complexity index is 810. The van der Waals surface area contributed by atoms with Crippen molar-refractivity contribution >= 4 is 46.4 Å². The number of nitrogens with zero attached hydrogens (tertiary/aromatic N) is 1. The predicted octanol–water partition coefficient (Wildman–Crippen LogP) is 6.99. The molecule has 0 amide bonds. The van der Waals surface area contributed by atoms with E-state index in [-0.39, 0.29) is 0 Å². The highest BCUT2D eigenvalue weighted by Gasteiger charge is 2.38. The van der Waals surface area contributed by atoms with E-state index in [2.05, 4.69) is 95.9 Å². The van der Waals surface area contributed by atoms with Crippen molar-refractivity contribution in [3.05, 3.63) is 46.4 Å². The summed E-state index contributed by atoms with van der Waals surface area (Å²) in [5, 5.41) is 3.75. The first-order chi connectivity index (χ1) is 10.2. The molecule has 2 heterocycles. The van der Waals surface area contributed by atoms with E-state index in [9.17, 15) is 0 Å². The van der Waals surface area contributed by atoms with Gasteiger partial charge in [0, 0.05) is 26.4 Å². The molecular weight excluding hydrogens is 370 g/mol. The molecule has 0 aliphatic heterocycles. The molecular formula is C18H22BrNSSi. The second-order valence-electron chi connectivity index (χ2n) is 7.37. The van der Waals surface area contributed by atoms with E-state index in [1.165, 1.54) is 25.8 Å². The predicted molar refractivity (Wildman–Crippen MR) is 106 cm³/mol. The average Bonchev–Trinajstić information content (AvgIpc) is 3.05. The number of hydrogen-bond donors (Lipinski definition) is 0. The van der Waals surface area contributed by atoms with Gasteiger partial charge in [0.25, 0.3) is 0 Å². The molecule has 1 aromatic carbocycles. The lowest BCUT2D eigenvalue weighted by molar-refractivity contribution is 0.703. The molecule has 3 aromatic rings. The van der Waals surface area contributed by atoms with Gasteiger partial charge < -0.3 is 4.23 Å². The fourth-order valence-electron chi connectivity index (χ4n) is 2.61. The van der Waals surface area contributed by atoms with Gasteiger partial charge in [-0.15, -0.1) is 11.3 Å². The lowest BCUT2D eigenvalue weighted by Crippen LogP contribution is -2.44. The molecule has 0 radical (unpaired) electrons.